The predicted octanol–water partition coefficient (Wildman–Crippen LogP) is 2.74. The second-order valence-corrected chi connectivity index (χ2v) is 4.03. The van der Waals surface area contributed by atoms with Crippen LogP contribution in [0.5, 0.6) is 0 Å². The van der Waals surface area contributed by atoms with E-state index >= 15 is 0 Å². The topological polar surface area (TPSA) is 24.9 Å². The fourth-order valence-corrected chi connectivity index (χ4v) is 1.87. The number of benzene rings is 1. The molecule has 0 aliphatic carbocycles. The van der Waals surface area contributed by atoms with Gasteiger partial charge < -0.3 is 0 Å². The molecule has 1 unspecified atom stereocenters. The van der Waals surface area contributed by atoms with Gasteiger partial charge in [0.05, 0.1) is 6.04 Å². The summed E-state index contributed by atoms with van der Waals surface area (Å²) in [4.78, 5) is 4.25. The van der Waals surface area contributed by atoms with Crippen molar-refractivity contribution >= 4 is 10.8 Å². The molecular weight excluding hydrogens is 208 g/mol. The van der Waals surface area contributed by atoms with Crippen molar-refractivity contribution in [1.82, 2.24) is 10.3 Å². The maximum Gasteiger partial charge on any atom is 0.0686 e. The van der Waals surface area contributed by atoms with Crippen LogP contribution in [0, 0.1) is 12.3 Å². The van der Waals surface area contributed by atoms with Crippen LogP contribution in [-0.4, -0.2) is 11.0 Å². The molecule has 0 saturated heterocycles. The van der Waals surface area contributed by atoms with Gasteiger partial charge >= 0.3 is 0 Å². The number of rotatable bonds is 4. The van der Waals surface area contributed by atoms with E-state index in [-0.39, 0.29) is 6.04 Å². The van der Waals surface area contributed by atoms with E-state index in [4.69, 9.17) is 6.42 Å². The molecule has 0 aliphatic rings. The zero-order valence-corrected chi connectivity index (χ0v) is 9.98. The zero-order valence-electron chi connectivity index (χ0n) is 9.98. The highest BCUT2D eigenvalue weighted by atomic mass is 14.9. The van der Waals surface area contributed by atoms with Crippen LogP contribution in [-0.2, 0) is 6.54 Å². The van der Waals surface area contributed by atoms with Gasteiger partial charge in [-0.1, -0.05) is 37.1 Å². The minimum absolute atomic E-state index is 0.133. The molecule has 1 heterocycles. The summed E-state index contributed by atoms with van der Waals surface area (Å²) in [6, 6.07) is 8.39. The summed E-state index contributed by atoms with van der Waals surface area (Å²) in [5, 5.41) is 5.76. The summed E-state index contributed by atoms with van der Waals surface area (Å²) in [5.41, 5.74) is 1.19. The smallest absolute Gasteiger partial charge is 0.0686 e. The van der Waals surface area contributed by atoms with Gasteiger partial charge in [0.25, 0.3) is 0 Å². The average Bonchev–Trinajstić information content (AvgIpc) is 2.40. The highest BCUT2D eigenvalue weighted by molar-refractivity contribution is 5.84. The maximum atomic E-state index is 5.43. The Labute approximate surface area is 102 Å². The predicted molar refractivity (Wildman–Crippen MR) is 71.5 cm³/mol. The van der Waals surface area contributed by atoms with E-state index in [9.17, 15) is 0 Å². The molecule has 0 amide bonds. The van der Waals surface area contributed by atoms with Gasteiger partial charge in [-0.25, -0.2) is 0 Å². The van der Waals surface area contributed by atoms with Crippen LogP contribution in [0.15, 0.2) is 36.7 Å². The molecule has 0 radical (unpaired) electrons. The van der Waals surface area contributed by atoms with E-state index in [0.717, 1.165) is 13.0 Å². The number of aromatic nitrogens is 1. The third-order valence-corrected chi connectivity index (χ3v) is 2.90. The Kier molecular flexibility index (Phi) is 3.74. The Hall–Kier alpha value is -1.85. The fourth-order valence-electron chi connectivity index (χ4n) is 1.87. The van der Waals surface area contributed by atoms with Gasteiger partial charge in [0, 0.05) is 24.3 Å². The van der Waals surface area contributed by atoms with Crippen LogP contribution < -0.4 is 5.32 Å². The summed E-state index contributed by atoms with van der Waals surface area (Å²) in [5.74, 6) is 2.74. The third kappa shape index (κ3) is 2.64. The van der Waals surface area contributed by atoms with E-state index in [0.29, 0.717) is 0 Å². The molecule has 1 aromatic heterocycles. The first-order valence-corrected chi connectivity index (χ1v) is 5.86. The van der Waals surface area contributed by atoms with Crippen LogP contribution in [0.25, 0.3) is 10.8 Å². The summed E-state index contributed by atoms with van der Waals surface area (Å²) in [7, 11) is 0. The zero-order chi connectivity index (χ0) is 12.1. The van der Waals surface area contributed by atoms with Crippen LogP contribution in [0.1, 0.15) is 18.9 Å². The van der Waals surface area contributed by atoms with Gasteiger partial charge in [0.15, 0.2) is 0 Å². The summed E-state index contributed by atoms with van der Waals surface area (Å²) in [6.07, 6.45) is 10.2. The number of terminal acetylenes is 1. The summed E-state index contributed by atoms with van der Waals surface area (Å²) >= 11 is 0. The first kappa shape index (κ1) is 11.6. The Morgan fingerprint density at radius 2 is 2.18 bits per heavy atom. The second-order valence-electron chi connectivity index (χ2n) is 4.03. The van der Waals surface area contributed by atoms with Crippen LogP contribution in [0.2, 0.25) is 0 Å². The molecule has 0 saturated carbocycles. The lowest BCUT2D eigenvalue weighted by atomic mass is 10.1. The van der Waals surface area contributed by atoms with Crippen LogP contribution in [0.3, 0.4) is 0 Å². The Morgan fingerprint density at radius 3 is 2.94 bits per heavy atom. The Morgan fingerprint density at radius 1 is 1.35 bits per heavy atom. The summed E-state index contributed by atoms with van der Waals surface area (Å²) < 4.78 is 0. The normalized spacial score (nSPS) is 12.2. The SMILES string of the molecule is C#CC(CC)NCc1cncc2ccccc12. The van der Waals surface area contributed by atoms with Gasteiger partial charge in [-0.2, -0.15) is 0 Å². The van der Waals surface area contributed by atoms with E-state index in [2.05, 4.69) is 35.3 Å². The average molecular weight is 224 g/mol. The molecule has 0 aliphatic heterocycles. The maximum absolute atomic E-state index is 5.43. The molecule has 1 aromatic carbocycles. The van der Waals surface area contributed by atoms with Crippen molar-refractivity contribution in [2.45, 2.75) is 25.9 Å². The molecule has 17 heavy (non-hydrogen) atoms. The lowest BCUT2D eigenvalue weighted by molar-refractivity contribution is 0.593. The van der Waals surface area contributed by atoms with Crippen molar-refractivity contribution in [3.63, 3.8) is 0 Å². The lowest BCUT2D eigenvalue weighted by Gasteiger charge is -2.11. The molecule has 2 heteroatoms. The van der Waals surface area contributed by atoms with Gasteiger partial charge in [-0.15, -0.1) is 6.42 Å². The van der Waals surface area contributed by atoms with Gasteiger partial charge in [-0.3, -0.25) is 10.3 Å². The van der Waals surface area contributed by atoms with E-state index < -0.39 is 0 Å². The molecule has 0 spiro atoms. The molecule has 86 valence electrons. The van der Waals surface area contributed by atoms with Crippen molar-refractivity contribution in [3.05, 3.63) is 42.2 Å². The molecule has 2 nitrogen and oxygen atoms in total. The Balaban J connectivity index is 2.22. The van der Waals surface area contributed by atoms with Gasteiger partial charge in [0.1, 0.15) is 0 Å². The number of nitrogens with zero attached hydrogens (tertiary/aromatic N) is 1. The lowest BCUT2D eigenvalue weighted by Crippen LogP contribution is -2.26. The molecule has 2 rings (SSSR count). The first-order chi connectivity index (χ1) is 8.35. The molecule has 1 N–H and O–H groups in total. The highest BCUT2D eigenvalue weighted by Gasteiger charge is 2.04. The number of fused-ring (bicyclic) bond motifs is 1. The van der Waals surface area contributed by atoms with Crippen molar-refractivity contribution in [2.24, 2.45) is 0 Å². The number of nitrogens with one attached hydrogen (secondary N) is 1. The highest BCUT2D eigenvalue weighted by Crippen LogP contribution is 2.16. The summed E-state index contributed by atoms with van der Waals surface area (Å²) in [6.45, 7) is 2.84. The van der Waals surface area contributed by atoms with E-state index in [1.165, 1.54) is 16.3 Å². The van der Waals surface area contributed by atoms with Crippen molar-refractivity contribution < 1.29 is 0 Å². The van der Waals surface area contributed by atoms with Crippen LogP contribution >= 0.6 is 0 Å². The monoisotopic (exact) mass is 224 g/mol. The largest absolute Gasteiger partial charge is 0.300 e. The number of pyridine rings is 1. The van der Waals surface area contributed by atoms with Gasteiger partial charge in [-0.05, 0) is 17.4 Å². The van der Waals surface area contributed by atoms with Gasteiger partial charge in [0.2, 0.25) is 0 Å². The minimum atomic E-state index is 0.133. The molecule has 1 atom stereocenters. The fraction of sp³-hybridized carbons (Fsp3) is 0.267. The van der Waals surface area contributed by atoms with Crippen LogP contribution in [0.4, 0.5) is 0 Å². The van der Waals surface area contributed by atoms with Crippen molar-refractivity contribution in [2.75, 3.05) is 0 Å². The molecule has 0 fully saturated rings. The van der Waals surface area contributed by atoms with Crippen molar-refractivity contribution in [3.8, 4) is 12.3 Å². The number of hydrogen-bond donors (Lipinski definition) is 1. The standard InChI is InChI=1S/C15H16N2/c1-3-14(4-2)17-11-13-10-16-9-12-7-5-6-8-15(12)13/h1,5-10,14,17H,4,11H2,2H3. The Bertz CT molecular complexity index is 535. The molecule has 2 aromatic rings. The molecule has 0 bridgehead atoms. The van der Waals surface area contributed by atoms with E-state index in [1.807, 2.05) is 24.5 Å². The van der Waals surface area contributed by atoms with Crippen molar-refractivity contribution in [1.29, 1.82) is 0 Å². The molecular formula is C15H16N2. The minimum Gasteiger partial charge on any atom is -0.300 e. The second kappa shape index (κ2) is 5.47. The number of hydrogen-bond acceptors (Lipinski definition) is 2. The van der Waals surface area contributed by atoms with E-state index in [1.54, 1.807) is 0 Å². The quantitative estimate of drug-likeness (QED) is 0.808. The first-order valence-electron chi connectivity index (χ1n) is 5.86. The third-order valence-electron chi connectivity index (χ3n) is 2.90.